The number of hydrogen-bond acceptors (Lipinski definition) is 6. The maximum Gasteiger partial charge on any atom is 0.273 e. The highest BCUT2D eigenvalue weighted by atomic mass is 32.1. The number of halogens is 2. The maximum absolute atomic E-state index is 15.1. The number of carbonyl (C=O) groups is 3. The van der Waals surface area contributed by atoms with E-state index in [-0.39, 0.29) is 34.1 Å². The van der Waals surface area contributed by atoms with Crippen LogP contribution in [-0.4, -0.2) is 22.1 Å². The Morgan fingerprint density at radius 2 is 1.59 bits per heavy atom. The Morgan fingerprint density at radius 1 is 0.946 bits per heavy atom. The number of nitrogens with zero attached hydrogens (tertiary/aromatic N) is 2. The third-order valence-corrected chi connectivity index (χ3v) is 6.34. The Morgan fingerprint density at radius 3 is 2.22 bits per heavy atom. The van der Waals surface area contributed by atoms with Gasteiger partial charge in [-0.3, -0.25) is 19.3 Å². The molecule has 0 radical (unpaired) electrons. The second-order valence-electron chi connectivity index (χ2n) is 7.92. The third kappa shape index (κ3) is 5.46. The molecule has 5 N–H and O–H groups in total. The third-order valence-electron chi connectivity index (χ3n) is 5.49. The molecule has 0 spiro atoms. The molecule has 1 atom stereocenters. The number of amides is 3. The van der Waals surface area contributed by atoms with E-state index in [0.717, 1.165) is 28.7 Å². The van der Waals surface area contributed by atoms with Gasteiger partial charge in [-0.1, -0.05) is 54.6 Å². The van der Waals surface area contributed by atoms with E-state index in [9.17, 15) is 18.8 Å². The lowest BCUT2D eigenvalue weighted by molar-refractivity contribution is -0.122. The predicted octanol–water partition coefficient (Wildman–Crippen LogP) is 3.81. The highest BCUT2D eigenvalue weighted by Crippen LogP contribution is 2.34. The SMILES string of the molecule is NC(=O)c1nsc(C(=O)N(c2ccccc2F)[C@H](C(=O)NCc2ccccc2)c2ccc(F)cc2)c1N. The lowest BCUT2D eigenvalue weighted by Crippen LogP contribution is -2.44. The van der Waals surface area contributed by atoms with Gasteiger partial charge in [0.25, 0.3) is 11.8 Å². The van der Waals surface area contributed by atoms with E-state index in [1.807, 2.05) is 6.07 Å². The molecule has 0 fully saturated rings. The van der Waals surface area contributed by atoms with E-state index in [4.69, 9.17) is 11.5 Å². The van der Waals surface area contributed by atoms with Gasteiger partial charge in [0.05, 0.1) is 11.4 Å². The van der Waals surface area contributed by atoms with E-state index in [2.05, 4.69) is 9.69 Å². The molecular weight excluding hydrogens is 500 g/mol. The minimum Gasteiger partial charge on any atom is -0.395 e. The first kappa shape index (κ1) is 25.5. The molecule has 3 amide bonds. The summed E-state index contributed by atoms with van der Waals surface area (Å²) in [6.45, 7) is 0.116. The zero-order chi connectivity index (χ0) is 26.5. The van der Waals surface area contributed by atoms with Crippen molar-refractivity contribution in [2.75, 3.05) is 10.6 Å². The van der Waals surface area contributed by atoms with Crippen LogP contribution in [0.25, 0.3) is 0 Å². The van der Waals surface area contributed by atoms with E-state index >= 15 is 4.39 Å². The van der Waals surface area contributed by atoms with Crippen molar-refractivity contribution in [3.8, 4) is 0 Å². The molecule has 1 aromatic heterocycles. The van der Waals surface area contributed by atoms with E-state index in [1.165, 1.54) is 30.3 Å². The molecular formula is C26H21F2N5O3S. The lowest BCUT2D eigenvalue weighted by atomic mass is 10.0. The van der Waals surface area contributed by atoms with Crippen molar-refractivity contribution in [3.05, 3.63) is 112 Å². The second-order valence-corrected chi connectivity index (χ2v) is 8.70. The summed E-state index contributed by atoms with van der Waals surface area (Å²) in [4.78, 5) is 39.9. The van der Waals surface area contributed by atoms with Crippen LogP contribution in [0.3, 0.4) is 0 Å². The average molecular weight is 522 g/mol. The van der Waals surface area contributed by atoms with Gasteiger partial charge in [0.2, 0.25) is 5.91 Å². The van der Waals surface area contributed by atoms with Crippen molar-refractivity contribution in [1.29, 1.82) is 0 Å². The van der Waals surface area contributed by atoms with Crippen LogP contribution in [0.4, 0.5) is 20.2 Å². The minimum atomic E-state index is -1.44. The normalized spacial score (nSPS) is 11.5. The summed E-state index contributed by atoms with van der Waals surface area (Å²) in [5.41, 5.74) is 11.4. The van der Waals surface area contributed by atoms with Crippen molar-refractivity contribution < 1.29 is 23.2 Å². The summed E-state index contributed by atoms with van der Waals surface area (Å²) in [7, 11) is 0. The quantitative estimate of drug-likeness (QED) is 0.325. The molecule has 8 nitrogen and oxygen atoms in total. The number of anilines is 2. The van der Waals surface area contributed by atoms with Gasteiger partial charge >= 0.3 is 0 Å². The predicted molar refractivity (Wildman–Crippen MR) is 136 cm³/mol. The number of nitrogen functional groups attached to an aromatic ring is 1. The van der Waals surface area contributed by atoms with Crippen LogP contribution in [0.5, 0.6) is 0 Å². The monoisotopic (exact) mass is 521 g/mol. The fraction of sp³-hybridized carbons (Fsp3) is 0.0769. The van der Waals surface area contributed by atoms with Crippen LogP contribution in [0, 0.1) is 11.6 Å². The smallest absolute Gasteiger partial charge is 0.273 e. The second kappa shape index (κ2) is 11.0. The zero-order valence-corrected chi connectivity index (χ0v) is 20.0. The van der Waals surface area contributed by atoms with Crippen LogP contribution in [0.15, 0.2) is 78.9 Å². The summed E-state index contributed by atoms with van der Waals surface area (Å²) in [6.07, 6.45) is 0. The van der Waals surface area contributed by atoms with Gasteiger partial charge in [0.1, 0.15) is 22.6 Å². The molecule has 4 aromatic rings. The number of aromatic nitrogens is 1. The number of carbonyl (C=O) groups excluding carboxylic acids is 3. The number of hydrogen-bond donors (Lipinski definition) is 3. The zero-order valence-electron chi connectivity index (χ0n) is 19.2. The van der Waals surface area contributed by atoms with Crippen molar-refractivity contribution in [2.24, 2.45) is 5.73 Å². The molecule has 0 unspecified atom stereocenters. The summed E-state index contributed by atoms with van der Waals surface area (Å²) >= 11 is 0.597. The van der Waals surface area contributed by atoms with Crippen molar-refractivity contribution >= 4 is 40.6 Å². The fourth-order valence-electron chi connectivity index (χ4n) is 3.70. The van der Waals surface area contributed by atoms with E-state index in [0.29, 0.717) is 11.5 Å². The number of para-hydroxylation sites is 1. The largest absolute Gasteiger partial charge is 0.395 e. The van der Waals surface area contributed by atoms with Crippen LogP contribution < -0.4 is 21.7 Å². The summed E-state index contributed by atoms with van der Waals surface area (Å²) in [5, 5.41) is 2.76. The van der Waals surface area contributed by atoms with Gasteiger partial charge in [-0.2, -0.15) is 4.37 Å². The number of nitrogens with one attached hydrogen (secondary N) is 1. The van der Waals surface area contributed by atoms with Gasteiger partial charge in [-0.25, -0.2) is 8.78 Å². The van der Waals surface area contributed by atoms with Gasteiger partial charge in [0, 0.05) is 6.54 Å². The molecule has 11 heteroatoms. The van der Waals surface area contributed by atoms with Gasteiger partial charge in [-0.15, -0.1) is 0 Å². The Balaban J connectivity index is 1.84. The number of benzene rings is 3. The number of nitrogens with two attached hydrogens (primary N) is 2. The minimum absolute atomic E-state index is 0.116. The Labute approximate surface area is 214 Å². The lowest BCUT2D eigenvalue weighted by Gasteiger charge is -2.31. The van der Waals surface area contributed by atoms with Crippen LogP contribution in [0.1, 0.15) is 37.3 Å². The molecule has 37 heavy (non-hydrogen) atoms. The Bertz CT molecular complexity index is 1440. The summed E-state index contributed by atoms with van der Waals surface area (Å²) in [5.74, 6) is -3.85. The van der Waals surface area contributed by atoms with Gasteiger partial charge < -0.3 is 16.8 Å². The highest BCUT2D eigenvalue weighted by Gasteiger charge is 2.37. The maximum atomic E-state index is 15.1. The van der Waals surface area contributed by atoms with E-state index in [1.54, 1.807) is 24.3 Å². The van der Waals surface area contributed by atoms with Crippen molar-refractivity contribution in [1.82, 2.24) is 9.69 Å². The van der Waals surface area contributed by atoms with Crippen molar-refractivity contribution in [2.45, 2.75) is 12.6 Å². The van der Waals surface area contributed by atoms with Crippen LogP contribution >= 0.6 is 11.5 Å². The standard InChI is InChI=1S/C26H21F2N5O3S/c27-17-12-10-16(11-13-17)22(25(35)31-14-15-6-2-1-3-7-15)33(19-9-5-4-8-18(19)28)26(36)23-20(29)21(24(30)34)32-37-23/h1-13,22H,14,29H2,(H2,30,34)(H,31,35)/t22-/m0/s1. The molecule has 1 heterocycles. The molecule has 0 aliphatic rings. The summed E-state index contributed by atoms with van der Waals surface area (Å²) < 4.78 is 32.7. The number of rotatable bonds is 8. The molecule has 0 aliphatic heterocycles. The first-order valence-electron chi connectivity index (χ1n) is 11.0. The first-order chi connectivity index (χ1) is 17.8. The molecule has 0 aliphatic carbocycles. The molecule has 0 saturated carbocycles. The average Bonchev–Trinajstić information content (AvgIpc) is 3.29. The van der Waals surface area contributed by atoms with Gasteiger partial charge in [0.15, 0.2) is 5.69 Å². The Kier molecular flexibility index (Phi) is 7.54. The summed E-state index contributed by atoms with van der Waals surface area (Å²) in [6, 6.07) is 17.9. The topological polar surface area (TPSA) is 131 Å². The molecule has 3 aromatic carbocycles. The number of primary amides is 1. The fourth-order valence-corrected chi connectivity index (χ4v) is 4.44. The molecule has 4 rings (SSSR count). The molecule has 0 bridgehead atoms. The van der Waals surface area contributed by atoms with E-state index < -0.39 is 35.4 Å². The first-order valence-corrected chi connectivity index (χ1v) is 11.8. The van der Waals surface area contributed by atoms with Crippen LogP contribution in [0.2, 0.25) is 0 Å². The molecule has 0 saturated heterocycles. The highest BCUT2D eigenvalue weighted by molar-refractivity contribution is 7.09. The van der Waals surface area contributed by atoms with Gasteiger partial charge in [-0.05, 0) is 46.9 Å². The Hall–Kier alpha value is -4.64. The van der Waals surface area contributed by atoms with Crippen molar-refractivity contribution in [3.63, 3.8) is 0 Å². The molecule has 188 valence electrons. The van der Waals surface area contributed by atoms with Crippen LogP contribution in [-0.2, 0) is 11.3 Å².